The molecule has 110 valence electrons. The number of hydrogen-bond acceptors (Lipinski definition) is 2. The highest BCUT2D eigenvalue weighted by molar-refractivity contribution is 6.03. The summed E-state index contributed by atoms with van der Waals surface area (Å²) in [5, 5.41) is 11.7. The third-order valence-corrected chi connectivity index (χ3v) is 3.45. The maximum Gasteiger partial charge on any atom is 0.326 e. The summed E-state index contributed by atoms with van der Waals surface area (Å²) in [6, 6.07) is 16.5. The second-order valence-corrected chi connectivity index (χ2v) is 4.87. The highest BCUT2D eigenvalue weighted by atomic mass is 16.4. The molecule has 0 atom stereocenters. The Bertz CT molecular complexity index is 754. The molecule has 1 heterocycles. The average molecular weight is 294 g/mol. The second kappa shape index (κ2) is 5.73. The summed E-state index contributed by atoms with van der Waals surface area (Å²) in [6.45, 7) is -0.390. The van der Waals surface area contributed by atoms with Crippen LogP contribution in [-0.2, 0) is 4.79 Å². The average Bonchev–Trinajstić information content (AvgIpc) is 2.66. The predicted octanol–water partition coefficient (Wildman–Crippen LogP) is 2.69. The molecular formula is C17H14N2O3. The number of amides is 2. The van der Waals surface area contributed by atoms with E-state index < -0.39 is 18.5 Å². The van der Waals surface area contributed by atoms with E-state index in [1.165, 1.54) is 4.90 Å². The molecule has 3 rings (SSSR count). The molecule has 0 fully saturated rings. The molecule has 22 heavy (non-hydrogen) atoms. The van der Waals surface area contributed by atoms with Crippen molar-refractivity contribution in [2.75, 3.05) is 11.4 Å². The quantitative estimate of drug-likeness (QED) is 0.914. The molecule has 0 aliphatic carbocycles. The van der Waals surface area contributed by atoms with Gasteiger partial charge in [0.25, 0.3) is 0 Å². The van der Waals surface area contributed by atoms with Gasteiger partial charge in [0.2, 0.25) is 0 Å². The molecule has 0 spiro atoms. The fourth-order valence-corrected chi connectivity index (χ4v) is 2.48. The molecule has 5 heteroatoms. The number of carbonyl (C=O) groups is 2. The van der Waals surface area contributed by atoms with E-state index in [0.717, 1.165) is 16.7 Å². The third-order valence-electron chi connectivity index (χ3n) is 3.45. The molecule has 2 N–H and O–H groups in total. The van der Waals surface area contributed by atoms with E-state index >= 15 is 0 Å². The molecule has 2 aromatic rings. The Morgan fingerprint density at radius 3 is 2.45 bits per heavy atom. The normalized spacial score (nSPS) is 13.7. The molecule has 0 bridgehead atoms. The highest BCUT2D eigenvalue weighted by Gasteiger charge is 2.25. The van der Waals surface area contributed by atoms with Gasteiger partial charge in [0, 0.05) is 17.3 Å². The van der Waals surface area contributed by atoms with Gasteiger partial charge in [-0.15, -0.1) is 0 Å². The number of carboxylic acid groups (broad SMARTS) is 1. The molecule has 0 saturated heterocycles. The number of fused-ring (bicyclic) bond motifs is 1. The lowest BCUT2D eigenvalue weighted by molar-refractivity contribution is -0.135. The Kier molecular flexibility index (Phi) is 3.62. The number of aliphatic carboxylic acids is 1. The standard InChI is InChI=1S/C17H14N2O3/c20-16(21)11-19-15-9-5-4-8-13(15)14(10-18-17(19)22)12-6-2-1-3-7-12/h1-10H,11H2,(H,18,22)(H,20,21). The van der Waals surface area contributed by atoms with E-state index in [0.29, 0.717) is 5.69 Å². The number of para-hydroxylation sites is 1. The zero-order valence-corrected chi connectivity index (χ0v) is 11.7. The summed E-state index contributed by atoms with van der Waals surface area (Å²) in [5.74, 6) is -1.06. The number of carbonyl (C=O) groups excluding carboxylic acids is 1. The molecule has 0 aromatic heterocycles. The van der Waals surface area contributed by atoms with Crippen LogP contribution < -0.4 is 10.2 Å². The molecule has 1 aliphatic heterocycles. The first kappa shape index (κ1) is 13.9. The summed E-state index contributed by atoms with van der Waals surface area (Å²) < 4.78 is 0. The minimum Gasteiger partial charge on any atom is -0.480 e. The van der Waals surface area contributed by atoms with Gasteiger partial charge in [-0.05, 0) is 11.6 Å². The first-order chi connectivity index (χ1) is 10.7. The fraction of sp³-hybridized carbons (Fsp3) is 0.0588. The van der Waals surface area contributed by atoms with E-state index in [1.54, 1.807) is 18.3 Å². The molecule has 0 radical (unpaired) electrons. The Morgan fingerprint density at radius 1 is 1.05 bits per heavy atom. The summed E-state index contributed by atoms with van der Waals surface area (Å²) in [5.41, 5.74) is 3.19. The van der Waals surface area contributed by atoms with Crippen molar-refractivity contribution in [2.45, 2.75) is 0 Å². The van der Waals surface area contributed by atoms with Gasteiger partial charge in [0.15, 0.2) is 0 Å². The second-order valence-electron chi connectivity index (χ2n) is 4.87. The van der Waals surface area contributed by atoms with Gasteiger partial charge in [-0.1, -0.05) is 48.5 Å². The smallest absolute Gasteiger partial charge is 0.326 e. The summed E-state index contributed by atoms with van der Waals surface area (Å²) in [7, 11) is 0. The number of urea groups is 1. The fourth-order valence-electron chi connectivity index (χ4n) is 2.48. The monoisotopic (exact) mass is 294 g/mol. The van der Waals surface area contributed by atoms with Gasteiger partial charge < -0.3 is 10.4 Å². The first-order valence-corrected chi connectivity index (χ1v) is 6.81. The Balaban J connectivity index is 2.14. The number of hydrogen-bond donors (Lipinski definition) is 2. The number of carboxylic acids is 1. The lowest BCUT2D eigenvalue weighted by Crippen LogP contribution is -2.40. The van der Waals surface area contributed by atoms with Crippen molar-refractivity contribution in [1.29, 1.82) is 0 Å². The molecule has 1 aliphatic rings. The van der Waals surface area contributed by atoms with Crippen molar-refractivity contribution in [2.24, 2.45) is 0 Å². The third kappa shape index (κ3) is 2.56. The van der Waals surface area contributed by atoms with Crippen molar-refractivity contribution in [3.05, 3.63) is 71.9 Å². The maximum atomic E-state index is 12.2. The van der Waals surface area contributed by atoms with Crippen LogP contribution in [0, 0.1) is 0 Å². The van der Waals surface area contributed by atoms with Crippen LogP contribution in [0.25, 0.3) is 5.57 Å². The Morgan fingerprint density at radius 2 is 1.73 bits per heavy atom. The SMILES string of the molecule is O=C(O)CN1C(=O)NC=C(c2ccccc2)c2ccccc21. The Labute approximate surface area is 127 Å². The lowest BCUT2D eigenvalue weighted by Gasteiger charge is -2.21. The summed E-state index contributed by atoms with van der Waals surface area (Å²) in [4.78, 5) is 24.5. The number of benzene rings is 2. The summed E-state index contributed by atoms with van der Waals surface area (Å²) in [6.07, 6.45) is 1.62. The van der Waals surface area contributed by atoms with Gasteiger partial charge in [-0.3, -0.25) is 9.69 Å². The topological polar surface area (TPSA) is 69.6 Å². The van der Waals surface area contributed by atoms with Gasteiger partial charge in [-0.2, -0.15) is 0 Å². The van der Waals surface area contributed by atoms with E-state index in [-0.39, 0.29) is 0 Å². The van der Waals surface area contributed by atoms with Crippen molar-refractivity contribution >= 4 is 23.3 Å². The molecule has 0 saturated carbocycles. The van der Waals surface area contributed by atoms with Crippen LogP contribution >= 0.6 is 0 Å². The first-order valence-electron chi connectivity index (χ1n) is 6.81. The minimum atomic E-state index is -1.06. The van der Waals surface area contributed by atoms with Crippen LogP contribution in [-0.4, -0.2) is 23.7 Å². The molecule has 2 amide bonds. The van der Waals surface area contributed by atoms with Gasteiger partial charge in [0.05, 0.1) is 5.69 Å². The number of anilines is 1. The molecule has 0 unspecified atom stereocenters. The molecule has 2 aromatic carbocycles. The number of nitrogens with one attached hydrogen (secondary N) is 1. The lowest BCUT2D eigenvalue weighted by atomic mass is 9.97. The zero-order valence-electron chi connectivity index (χ0n) is 11.7. The van der Waals surface area contributed by atoms with Crippen molar-refractivity contribution in [1.82, 2.24) is 5.32 Å². The van der Waals surface area contributed by atoms with Crippen molar-refractivity contribution in [3.63, 3.8) is 0 Å². The van der Waals surface area contributed by atoms with E-state index in [9.17, 15) is 9.59 Å². The van der Waals surface area contributed by atoms with Gasteiger partial charge in [0.1, 0.15) is 6.54 Å². The number of nitrogens with zero attached hydrogens (tertiary/aromatic N) is 1. The molecular weight excluding hydrogens is 280 g/mol. The van der Waals surface area contributed by atoms with Crippen LogP contribution in [0.15, 0.2) is 60.8 Å². The van der Waals surface area contributed by atoms with Crippen LogP contribution in [0.5, 0.6) is 0 Å². The van der Waals surface area contributed by atoms with Gasteiger partial charge in [-0.25, -0.2) is 4.79 Å². The zero-order chi connectivity index (χ0) is 15.5. The highest BCUT2D eigenvalue weighted by Crippen LogP contribution is 2.33. The van der Waals surface area contributed by atoms with Crippen LogP contribution in [0.3, 0.4) is 0 Å². The van der Waals surface area contributed by atoms with Crippen LogP contribution in [0.4, 0.5) is 10.5 Å². The van der Waals surface area contributed by atoms with Crippen LogP contribution in [0.2, 0.25) is 0 Å². The summed E-state index contributed by atoms with van der Waals surface area (Å²) >= 11 is 0. The van der Waals surface area contributed by atoms with E-state index in [1.807, 2.05) is 42.5 Å². The largest absolute Gasteiger partial charge is 0.480 e. The minimum absolute atomic E-state index is 0.390. The van der Waals surface area contributed by atoms with E-state index in [4.69, 9.17) is 5.11 Å². The van der Waals surface area contributed by atoms with E-state index in [2.05, 4.69) is 5.32 Å². The predicted molar refractivity (Wildman–Crippen MR) is 83.5 cm³/mol. The number of rotatable bonds is 3. The van der Waals surface area contributed by atoms with Crippen molar-refractivity contribution < 1.29 is 14.7 Å². The van der Waals surface area contributed by atoms with Gasteiger partial charge >= 0.3 is 12.0 Å². The van der Waals surface area contributed by atoms with Crippen molar-refractivity contribution in [3.8, 4) is 0 Å². The molecule has 5 nitrogen and oxygen atoms in total. The van der Waals surface area contributed by atoms with Crippen LogP contribution in [0.1, 0.15) is 11.1 Å². The maximum absolute atomic E-state index is 12.2. The Hall–Kier alpha value is -3.08.